The summed E-state index contributed by atoms with van der Waals surface area (Å²) in [6, 6.07) is 24.0. The van der Waals surface area contributed by atoms with Crippen LogP contribution in [0, 0.1) is 11.7 Å². The van der Waals surface area contributed by atoms with Crippen LogP contribution in [0.4, 0.5) is 14.9 Å². The van der Waals surface area contributed by atoms with Crippen LogP contribution in [0.2, 0.25) is 0 Å². The van der Waals surface area contributed by atoms with Gasteiger partial charge in [-0.3, -0.25) is 9.89 Å². The molecule has 1 aromatic heterocycles. The summed E-state index contributed by atoms with van der Waals surface area (Å²) >= 11 is 0. The number of H-pyrrole nitrogens is 1. The summed E-state index contributed by atoms with van der Waals surface area (Å²) in [5, 5.41) is 3.39. The van der Waals surface area contributed by atoms with E-state index in [0.29, 0.717) is 44.6 Å². The Hall–Kier alpha value is -4.46. The molecule has 2 aliphatic rings. The van der Waals surface area contributed by atoms with Crippen LogP contribution in [0.5, 0.6) is 0 Å². The topological polar surface area (TPSA) is 79.7 Å². The molecule has 0 bridgehead atoms. The summed E-state index contributed by atoms with van der Waals surface area (Å²) in [4.78, 5) is 33.1. The van der Waals surface area contributed by atoms with Crippen molar-refractivity contribution >= 4 is 17.6 Å². The average Bonchev–Trinajstić information content (AvgIpc) is 3.57. The van der Waals surface area contributed by atoms with Gasteiger partial charge in [-0.25, -0.2) is 18.9 Å². The molecule has 1 amide bonds. The second-order valence-corrected chi connectivity index (χ2v) is 10.9. The van der Waals surface area contributed by atoms with Gasteiger partial charge in [0.15, 0.2) is 0 Å². The molecule has 7 nitrogen and oxygen atoms in total. The number of carbonyl (C=O) groups excluding carboxylic acids is 1. The SMILES string of the molecule is O=C(OCc1ccccc1)N1CCCC(Cc2[nH]n(C3=Nc4ccccc4C3)c(=O)c2CCc2ccc(F)cc2)C1. The zero-order chi connectivity index (χ0) is 28.2. The first-order valence-electron chi connectivity index (χ1n) is 14.2. The number of fused-ring (bicyclic) bond motifs is 1. The number of aromatic amines is 1. The molecule has 4 aromatic rings. The lowest BCUT2D eigenvalue weighted by Crippen LogP contribution is -2.40. The number of aromatic nitrogens is 2. The molecule has 0 spiro atoms. The van der Waals surface area contributed by atoms with Gasteiger partial charge in [0.1, 0.15) is 18.3 Å². The fourth-order valence-electron chi connectivity index (χ4n) is 5.79. The van der Waals surface area contributed by atoms with Crippen molar-refractivity contribution < 1.29 is 13.9 Å². The molecule has 3 heterocycles. The predicted octanol–water partition coefficient (Wildman–Crippen LogP) is 5.83. The van der Waals surface area contributed by atoms with Crippen molar-refractivity contribution in [3.05, 3.63) is 123 Å². The fraction of sp³-hybridized carbons (Fsp3) is 0.303. The first kappa shape index (κ1) is 26.7. The van der Waals surface area contributed by atoms with Crippen LogP contribution in [0.3, 0.4) is 0 Å². The number of nitrogens with zero attached hydrogens (tertiary/aromatic N) is 3. The molecule has 3 aromatic carbocycles. The van der Waals surface area contributed by atoms with Gasteiger partial charge < -0.3 is 9.64 Å². The Morgan fingerprint density at radius 1 is 0.976 bits per heavy atom. The molecule has 0 radical (unpaired) electrons. The quantitative estimate of drug-likeness (QED) is 0.314. The number of halogens is 1. The van der Waals surface area contributed by atoms with Crippen molar-refractivity contribution in [2.45, 2.75) is 45.1 Å². The molecule has 2 aliphatic heterocycles. The third-order valence-electron chi connectivity index (χ3n) is 7.97. The highest BCUT2D eigenvalue weighted by Crippen LogP contribution is 2.27. The van der Waals surface area contributed by atoms with E-state index in [1.54, 1.807) is 21.7 Å². The Kier molecular flexibility index (Phi) is 7.80. The maximum atomic E-state index is 13.7. The number of benzene rings is 3. The Bertz CT molecular complexity index is 1610. The highest BCUT2D eigenvalue weighted by molar-refractivity contribution is 5.93. The van der Waals surface area contributed by atoms with E-state index >= 15 is 0 Å². The summed E-state index contributed by atoms with van der Waals surface area (Å²) in [6.07, 6.45) is 3.90. The highest BCUT2D eigenvalue weighted by atomic mass is 19.1. The van der Waals surface area contributed by atoms with Gasteiger partial charge in [-0.1, -0.05) is 60.7 Å². The lowest BCUT2D eigenvalue weighted by atomic mass is 9.91. The van der Waals surface area contributed by atoms with E-state index in [4.69, 9.17) is 9.73 Å². The maximum Gasteiger partial charge on any atom is 0.410 e. The van der Waals surface area contributed by atoms with Crippen LogP contribution in [0.1, 0.15) is 40.8 Å². The second-order valence-electron chi connectivity index (χ2n) is 10.9. The Morgan fingerprint density at radius 2 is 1.76 bits per heavy atom. The van der Waals surface area contributed by atoms with E-state index in [2.05, 4.69) is 5.10 Å². The summed E-state index contributed by atoms with van der Waals surface area (Å²) in [7, 11) is 0. The molecule has 1 saturated heterocycles. The molecule has 1 atom stereocenters. The van der Waals surface area contributed by atoms with Crippen molar-refractivity contribution in [1.82, 2.24) is 14.7 Å². The van der Waals surface area contributed by atoms with E-state index in [-0.39, 0.29) is 30.0 Å². The molecule has 1 N–H and O–H groups in total. The fourth-order valence-corrected chi connectivity index (χ4v) is 5.79. The third kappa shape index (κ3) is 6.16. The van der Waals surface area contributed by atoms with Crippen LogP contribution < -0.4 is 5.56 Å². The van der Waals surface area contributed by atoms with Gasteiger partial charge in [-0.2, -0.15) is 0 Å². The van der Waals surface area contributed by atoms with Gasteiger partial charge in [-0.15, -0.1) is 0 Å². The van der Waals surface area contributed by atoms with E-state index < -0.39 is 0 Å². The smallest absolute Gasteiger partial charge is 0.410 e. The number of nitrogens with one attached hydrogen (secondary N) is 1. The number of aliphatic imine (C=N–C) groups is 1. The van der Waals surface area contributed by atoms with Crippen LogP contribution >= 0.6 is 0 Å². The van der Waals surface area contributed by atoms with Gasteiger partial charge >= 0.3 is 6.09 Å². The number of para-hydroxylation sites is 1. The van der Waals surface area contributed by atoms with E-state index in [1.807, 2.05) is 54.6 Å². The number of amides is 1. The molecule has 210 valence electrons. The van der Waals surface area contributed by atoms with Crippen LogP contribution in [-0.4, -0.2) is 39.7 Å². The van der Waals surface area contributed by atoms with Crippen molar-refractivity contribution in [2.75, 3.05) is 13.1 Å². The number of likely N-dealkylation sites (tertiary alicyclic amines) is 1. The zero-order valence-electron chi connectivity index (χ0n) is 22.9. The molecule has 1 fully saturated rings. The first-order chi connectivity index (χ1) is 20.0. The molecule has 1 unspecified atom stereocenters. The normalized spacial score (nSPS) is 16.4. The number of rotatable bonds is 7. The highest BCUT2D eigenvalue weighted by Gasteiger charge is 2.28. The standard InChI is InChI=1S/C33H33FN4O3/c34-27-15-12-23(13-16-27)14-17-28-30(36-38(32(28)39)31-20-26-10-4-5-11-29(26)35-31)19-25-9-6-18-37(21-25)33(40)41-22-24-7-2-1-3-8-24/h1-5,7-8,10-13,15-16,25,36H,6,9,14,17-22H2. The Labute approximate surface area is 238 Å². The summed E-state index contributed by atoms with van der Waals surface area (Å²) in [5.74, 6) is 0.591. The summed E-state index contributed by atoms with van der Waals surface area (Å²) in [6.45, 7) is 1.48. The monoisotopic (exact) mass is 552 g/mol. The minimum Gasteiger partial charge on any atom is -0.445 e. The minimum atomic E-state index is -0.306. The number of piperidine rings is 1. The molecular weight excluding hydrogens is 519 g/mol. The van der Waals surface area contributed by atoms with Crippen molar-refractivity contribution in [3.8, 4) is 0 Å². The van der Waals surface area contributed by atoms with E-state index in [0.717, 1.165) is 46.5 Å². The van der Waals surface area contributed by atoms with Crippen molar-refractivity contribution in [1.29, 1.82) is 0 Å². The third-order valence-corrected chi connectivity index (χ3v) is 7.97. The van der Waals surface area contributed by atoms with Crippen LogP contribution in [0.15, 0.2) is 88.6 Å². The largest absolute Gasteiger partial charge is 0.445 e. The van der Waals surface area contributed by atoms with Crippen molar-refractivity contribution in [2.24, 2.45) is 10.9 Å². The van der Waals surface area contributed by atoms with Gasteiger partial charge in [0, 0.05) is 30.8 Å². The number of carbonyl (C=O) groups is 1. The van der Waals surface area contributed by atoms with Gasteiger partial charge in [0.2, 0.25) is 0 Å². The molecule has 8 heteroatoms. The predicted molar refractivity (Wildman–Crippen MR) is 156 cm³/mol. The number of aryl methyl sites for hydroxylation is 1. The van der Waals surface area contributed by atoms with Crippen LogP contribution in [-0.2, 0) is 37.0 Å². The van der Waals surface area contributed by atoms with Gasteiger partial charge in [0.25, 0.3) is 5.56 Å². The van der Waals surface area contributed by atoms with E-state index in [9.17, 15) is 14.0 Å². The van der Waals surface area contributed by atoms with Crippen molar-refractivity contribution in [3.63, 3.8) is 0 Å². The molecule has 41 heavy (non-hydrogen) atoms. The Morgan fingerprint density at radius 3 is 2.56 bits per heavy atom. The summed E-state index contributed by atoms with van der Waals surface area (Å²) < 4.78 is 20.6. The molecular formula is C33H33FN4O3. The number of ether oxygens (including phenoxy) is 1. The van der Waals surface area contributed by atoms with Gasteiger partial charge in [0.05, 0.1) is 5.69 Å². The average molecular weight is 553 g/mol. The molecule has 6 rings (SSSR count). The van der Waals surface area contributed by atoms with Crippen LogP contribution in [0.25, 0.3) is 0 Å². The Balaban J connectivity index is 1.20. The molecule has 0 aliphatic carbocycles. The maximum absolute atomic E-state index is 13.7. The van der Waals surface area contributed by atoms with Gasteiger partial charge in [-0.05, 0) is 72.9 Å². The first-order valence-corrected chi connectivity index (χ1v) is 14.2. The number of hydrogen-bond acceptors (Lipinski definition) is 4. The van der Waals surface area contributed by atoms with E-state index in [1.165, 1.54) is 12.1 Å². The summed E-state index contributed by atoms with van der Waals surface area (Å²) in [5.41, 5.74) is 5.41. The minimum absolute atomic E-state index is 0.0939. The molecule has 0 saturated carbocycles. The number of hydrogen-bond donors (Lipinski definition) is 1. The second kappa shape index (κ2) is 12.0. The zero-order valence-corrected chi connectivity index (χ0v) is 22.9. The lowest BCUT2D eigenvalue weighted by Gasteiger charge is -2.32. The lowest BCUT2D eigenvalue weighted by molar-refractivity contribution is 0.0789.